The molecule has 0 radical (unpaired) electrons. The lowest BCUT2D eigenvalue weighted by atomic mass is 9.88. The molecule has 3 aromatic heterocycles. The monoisotopic (exact) mass is 1430 g/mol. The molecule has 6 aromatic rings. The van der Waals surface area contributed by atoms with Crippen LogP contribution in [0.25, 0.3) is 16.7 Å². The maximum atomic E-state index is 12.1. The van der Waals surface area contributed by atoms with Crippen LogP contribution in [0.3, 0.4) is 0 Å². The molecular weight excluding hydrogens is 1380 g/mol. The van der Waals surface area contributed by atoms with Crippen LogP contribution in [0.4, 0.5) is 15.3 Å². The third-order valence-electron chi connectivity index (χ3n) is 16.0. The molecule has 0 saturated carbocycles. The van der Waals surface area contributed by atoms with E-state index in [1.54, 1.807) is 35.1 Å². The Hall–Kier alpha value is -4.98. The first-order valence-corrected chi connectivity index (χ1v) is 32.3. The van der Waals surface area contributed by atoms with Gasteiger partial charge in [0, 0.05) is 90.5 Å². The van der Waals surface area contributed by atoms with E-state index in [0.717, 1.165) is 144 Å². The summed E-state index contributed by atoms with van der Waals surface area (Å²) in [7, 11) is 0. The van der Waals surface area contributed by atoms with E-state index in [1.807, 2.05) is 31.5 Å². The number of likely N-dealkylation sites (tertiary alicyclic amines) is 2. The number of pyridine rings is 3. The minimum absolute atomic E-state index is 0.108. The Balaban J connectivity index is 0.000000140. The zero-order valence-electron chi connectivity index (χ0n) is 45.9. The van der Waals surface area contributed by atoms with Gasteiger partial charge in [-0.25, -0.2) is 9.59 Å². The Kier molecular flexibility index (Phi) is 20.3. The number of fused-ring (bicyclic) bond motifs is 6. The van der Waals surface area contributed by atoms with Crippen LogP contribution in [0.15, 0.2) is 114 Å². The summed E-state index contributed by atoms with van der Waals surface area (Å²) in [5.74, 6) is 0. The summed E-state index contributed by atoms with van der Waals surface area (Å²) in [5, 5.41) is 16.7. The third-order valence-corrected chi connectivity index (χ3v) is 19.3. The van der Waals surface area contributed by atoms with Crippen LogP contribution < -0.4 is 5.32 Å². The summed E-state index contributed by atoms with van der Waals surface area (Å²) in [5.41, 5.74) is 20.9. The maximum absolute atomic E-state index is 12.1. The van der Waals surface area contributed by atoms with E-state index in [0.29, 0.717) is 58.7 Å². The molecular formula is C63H60Br4Cl3N7O6. The van der Waals surface area contributed by atoms with Gasteiger partial charge in [0.15, 0.2) is 0 Å². The van der Waals surface area contributed by atoms with Gasteiger partial charge in [-0.05, 0) is 260 Å². The number of nitro groups is 1. The molecule has 0 spiro atoms. The van der Waals surface area contributed by atoms with E-state index in [-0.39, 0.29) is 22.9 Å². The topological polar surface area (TPSA) is 153 Å². The summed E-state index contributed by atoms with van der Waals surface area (Å²) in [6.07, 6.45) is 15.4. The number of carbonyl (C=O) groups excluding carboxylic acids is 2. The first kappa shape index (κ1) is 61.1. The Bertz CT molecular complexity index is 3570. The van der Waals surface area contributed by atoms with Crippen LogP contribution in [0.5, 0.6) is 0 Å². The van der Waals surface area contributed by atoms with Crippen molar-refractivity contribution in [3.8, 4) is 0 Å². The highest BCUT2D eigenvalue weighted by molar-refractivity contribution is 9.11. The Morgan fingerprint density at radius 2 is 0.976 bits per heavy atom. The highest BCUT2D eigenvalue weighted by atomic mass is 79.9. The molecule has 83 heavy (non-hydrogen) atoms. The number of halogens is 7. The fraction of sp³-hybridized carbons (Fsp3) is 0.349. The van der Waals surface area contributed by atoms with Crippen molar-refractivity contribution < 1.29 is 24.0 Å². The van der Waals surface area contributed by atoms with Gasteiger partial charge in [-0.15, -0.1) is 0 Å². The largest absolute Gasteiger partial charge is 0.450 e. The molecule has 0 bridgehead atoms. The number of piperidine rings is 3. The summed E-state index contributed by atoms with van der Waals surface area (Å²) in [6.45, 7) is 8.86. The van der Waals surface area contributed by atoms with Gasteiger partial charge in [-0.1, -0.05) is 63.7 Å². The van der Waals surface area contributed by atoms with E-state index in [1.165, 1.54) is 55.7 Å². The predicted molar refractivity (Wildman–Crippen MR) is 343 cm³/mol. The molecule has 0 atom stereocenters. The number of carbonyl (C=O) groups is 2. The molecule has 1 N–H and O–H groups in total. The van der Waals surface area contributed by atoms with Crippen molar-refractivity contribution in [2.45, 2.75) is 90.9 Å². The zero-order chi connectivity index (χ0) is 58.5. The summed E-state index contributed by atoms with van der Waals surface area (Å²) in [6, 6.07) is 20.1. The number of amides is 2. The normalized spacial score (nSPS) is 16.4. The molecule has 12 rings (SSSR count). The van der Waals surface area contributed by atoms with Crippen molar-refractivity contribution in [3.05, 3.63) is 206 Å². The van der Waals surface area contributed by atoms with Gasteiger partial charge in [0.05, 0.1) is 40.2 Å². The van der Waals surface area contributed by atoms with Gasteiger partial charge in [0.2, 0.25) is 0 Å². The Morgan fingerprint density at radius 3 is 1.47 bits per heavy atom. The highest BCUT2D eigenvalue weighted by Crippen LogP contribution is 2.45. The Labute approximate surface area is 532 Å². The van der Waals surface area contributed by atoms with Gasteiger partial charge < -0.3 is 24.6 Å². The van der Waals surface area contributed by atoms with Crippen molar-refractivity contribution in [1.29, 1.82) is 0 Å². The van der Waals surface area contributed by atoms with E-state index in [2.05, 4.69) is 105 Å². The maximum Gasteiger partial charge on any atom is 0.409 e. The molecule has 6 heterocycles. The van der Waals surface area contributed by atoms with Gasteiger partial charge in [-0.2, -0.15) is 0 Å². The summed E-state index contributed by atoms with van der Waals surface area (Å²) < 4.78 is 14.2. The van der Waals surface area contributed by atoms with E-state index in [9.17, 15) is 19.7 Å². The van der Waals surface area contributed by atoms with Gasteiger partial charge >= 0.3 is 12.2 Å². The molecule has 2 amide bonds. The summed E-state index contributed by atoms with van der Waals surface area (Å²) in [4.78, 5) is 53.1. The summed E-state index contributed by atoms with van der Waals surface area (Å²) >= 11 is 33.2. The fourth-order valence-electron chi connectivity index (χ4n) is 12.0. The lowest BCUT2D eigenvalue weighted by molar-refractivity contribution is -0.384. The van der Waals surface area contributed by atoms with E-state index >= 15 is 0 Å². The first-order valence-electron chi connectivity index (χ1n) is 28.0. The molecule has 3 aromatic carbocycles. The Morgan fingerprint density at radius 1 is 0.542 bits per heavy atom. The van der Waals surface area contributed by atoms with Crippen LogP contribution in [-0.2, 0) is 48.0 Å². The molecule has 3 aliphatic heterocycles. The first-order chi connectivity index (χ1) is 40.1. The number of rotatable bonds is 3. The number of nitrogens with zero attached hydrogens (tertiary/aromatic N) is 6. The lowest BCUT2D eigenvalue weighted by Crippen LogP contribution is -2.37. The van der Waals surface area contributed by atoms with E-state index < -0.39 is 4.92 Å². The van der Waals surface area contributed by atoms with Crippen LogP contribution in [0.1, 0.15) is 120 Å². The predicted octanol–water partition coefficient (Wildman–Crippen LogP) is 16.8. The van der Waals surface area contributed by atoms with Crippen LogP contribution in [0.2, 0.25) is 15.1 Å². The van der Waals surface area contributed by atoms with Gasteiger partial charge in [0.1, 0.15) is 5.02 Å². The molecule has 20 heteroatoms. The van der Waals surface area contributed by atoms with Crippen molar-refractivity contribution in [3.63, 3.8) is 0 Å². The number of nitrogens with one attached hydrogen (secondary N) is 1. The minimum atomic E-state index is -0.449. The number of hydrogen-bond acceptors (Lipinski definition) is 10. The number of aromatic nitrogens is 3. The smallest absolute Gasteiger partial charge is 0.409 e. The number of benzene rings is 3. The third kappa shape index (κ3) is 13.8. The van der Waals surface area contributed by atoms with Crippen molar-refractivity contribution in [2.75, 3.05) is 52.5 Å². The standard InChI is InChI=1S/C22H21BrClN3O4.C22H22BrClN2O2.C19H17Br2ClN2/c1-2-31-22(28)26-7-5-13(6-8-26)20-17-11-19(27(29)30)18(24)10-14(17)3-4-15-9-16(23)12-25-21(15)20;1-2-28-22(27)26-9-7-14(8-10-26)20-19-6-5-18(24)12-15(19)3-4-16-11-17(23)13-25-21(16)20;20-13-9-12-1-2-15-14(3-4-16(22)18(15)21)17(19(12)24-10-13)11-5-7-23-8-6-11/h9-12H,2-8H2,1H3;5-6,11-13H,2-4,7-10H2,1H3;3-4,9-10,23H,1-2,5-8H2. The average molecular weight is 1440 g/mol. The van der Waals surface area contributed by atoms with Crippen molar-refractivity contribution in [2.24, 2.45) is 0 Å². The molecule has 3 saturated heterocycles. The molecule has 0 unspecified atom stereocenters. The number of aryl methyl sites for hydroxylation is 5. The quantitative estimate of drug-likeness (QED) is 0.134. The molecule has 3 fully saturated rings. The number of hydrogen-bond donors (Lipinski definition) is 1. The molecule has 3 aliphatic carbocycles. The second kappa shape index (κ2) is 27.6. The second-order valence-corrected chi connectivity index (χ2v) is 25.7. The molecule has 13 nitrogen and oxygen atoms in total. The van der Waals surface area contributed by atoms with Crippen molar-refractivity contribution in [1.82, 2.24) is 30.1 Å². The lowest BCUT2D eigenvalue weighted by Gasteiger charge is -2.29. The van der Waals surface area contributed by atoms with Crippen LogP contribution in [-0.4, -0.2) is 94.3 Å². The number of nitro benzene ring substituents is 1. The fourth-order valence-corrected chi connectivity index (χ4v) is 14.3. The average Bonchev–Trinajstić information content (AvgIpc) is 3.48. The van der Waals surface area contributed by atoms with Gasteiger partial charge in [-0.3, -0.25) is 25.1 Å². The second-order valence-electron chi connectivity index (χ2n) is 20.9. The SMILES string of the molecule is CCOC(=O)N1CCC(=C2c3cc([N+](=O)[O-])c(Cl)cc3CCc3cc(Br)cnc32)CC1.CCOC(=O)N1CCC(=C2c3ccc(Cl)cc3CCc3cc(Br)cnc32)CC1.Clc1ccc2c(c1Br)CCc1cc(Br)cnc1C2=C1CCNCC1. The van der Waals surface area contributed by atoms with Crippen molar-refractivity contribution >= 4 is 133 Å². The molecule has 6 aliphatic rings. The minimum Gasteiger partial charge on any atom is -0.450 e. The van der Waals surface area contributed by atoms with Crippen LogP contribution >= 0.6 is 98.5 Å². The molecule has 432 valence electrons. The number of ether oxygens (including phenoxy) is 2. The van der Waals surface area contributed by atoms with E-state index in [4.69, 9.17) is 59.2 Å². The van der Waals surface area contributed by atoms with Crippen LogP contribution in [0, 0.1) is 10.1 Å². The highest BCUT2D eigenvalue weighted by Gasteiger charge is 2.32. The van der Waals surface area contributed by atoms with Gasteiger partial charge in [0.25, 0.3) is 5.69 Å². The zero-order valence-corrected chi connectivity index (χ0v) is 54.5.